The van der Waals surface area contributed by atoms with Crippen molar-refractivity contribution in [1.29, 1.82) is 0 Å². The number of nitrogens with two attached hydrogens (primary N) is 1. The molecule has 0 bridgehead atoms. The Labute approximate surface area is 143 Å². The molecule has 1 fully saturated rings. The van der Waals surface area contributed by atoms with E-state index in [-0.39, 0.29) is 17.6 Å². The molecule has 130 valence electrons. The summed E-state index contributed by atoms with van der Waals surface area (Å²) in [6.45, 7) is 0.806. The summed E-state index contributed by atoms with van der Waals surface area (Å²) in [5.41, 5.74) is 5.72. The number of amides is 2. The van der Waals surface area contributed by atoms with Gasteiger partial charge in [0.15, 0.2) is 11.6 Å². The highest BCUT2D eigenvalue weighted by Gasteiger charge is 2.30. The molecule has 2 aromatic rings. The standard InChI is InChI=1S/C18H16F2N2O3/c19-15-6-5-14(9-16(15)20)25-13-3-1-11(2-4-13)18(24)22-8-7-12(10-22)17(21)23/h1-6,9,12H,7-8,10H2,(H2,21,23)/t12-/m0/s1. The van der Waals surface area contributed by atoms with Gasteiger partial charge in [-0.2, -0.15) is 0 Å². The van der Waals surface area contributed by atoms with Crippen molar-refractivity contribution in [2.24, 2.45) is 11.7 Å². The van der Waals surface area contributed by atoms with E-state index in [9.17, 15) is 18.4 Å². The van der Waals surface area contributed by atoms with Gasteiger partial charge in [-0.1, -0.05) is 0 Å². The fourth-order valence-corrected chi connectivity index (χ4v) is 2.70. The van der Waals surface area contributed by atoms with Crippen molar-refractivity contribution in [2.45, 2.75) is 6.42 Å². The lowest BCUT2D eigenvalue weighted by Gasteiger charge is -2.16. The number of benzene rings is 2. The highest BCUT2D eigenvalue weighted by Crippen LogP contribution is 2.24. The van der Waals surface area contributed by atoms with Crippen LogP contribution in [0.25, 0.3) is 0 Å². The maximum atomic E-state index is 13.2. The van der Waals surface area contributed by atoms with Crippen molar-refractivity contribution in [2.75, 3.05) is 13.1 Å². The van der Waals surface area contributed by atoms with Crippen LogP contribution in [-0.2, 0) is 4.79 Å². The number of rotatable bonds is 4. The average Bonchev–Trinajstić information content (AvgIpc) is 3.09. The molecule has 7 heteroatoms. The van der Waals surface area contributed by atoms with Crippen molar-refractivity contribution in [3.8, 4) is 11.5 Å². The van der Waals surface area contributed by atoms with Crippen LogP contribution in [0.15, 0.2) is 42.5 Å². The van der Waals surface area contributed by atoms with Gasteiger partial charge in [0.2, 0.25) is 5.91 Å². The number of hydrogen-bond donors (Lipinski definition) is 1. The number of primary amides is 1. The molecule has 0 unspecified atom stereocenters. The molecule has 2 N–H and O–H groups in total. The van der Waals surface area contributed by atoms with Gasteiger partial charge in [-0.3, -0.25) is 9.59 Å². The second-order valence-electron chi connectivity index (χ2n) is 5.84. The van der Waals surface area contributed by atoms with Gasteiger partial charge in [0.1, 0.15) is 11.5 Å². The van der Waals surface area contributed by atoms with Gasteiger partial charge in [-0.05, 0) is 42.8 Å². The van der Waals surface area contributed by atoms with Crippen molar-refractivity contribution in [1.82, 2.24) is 4.90 Å². The lowest BCUT2D eigenvalue weighted by molar-refractivity contribution is -0.121. The number of ether oxygens (including phenoxy) is 1. The fraction of sp³-hybridized carbons (Fsp3) is 0.222. The van der Waals surface area contributed by atoms with Gasteiger partial charge in [-0.15, -0.1) is 0 Å². The number of carbonyl (C=O) groups is 2. The minimum absolute atomic E-state index is 0.154. The molecular weight excluding hydrogens is 330 g/mol. The van der Waals surface area contributed by atoms with Crippen LogP contribution in [0.2, 0.25) is 0 Å². The largest absolute Gasteiger partial charge is 0.457 e. The molecule has 0 aromatic heterocycles. The number of hydrogen-bond acceptors (Lipinski definition) is 3. The zero-order chi connectivity index (χ0) is 18.0. The lowest BCUT2D eigenvalue weighted by Crippen LogP contribution is -2.31. The van der Waals surface area contributed by atoms with Crippen molar-refractivity contribution in [3.63, 3.8) is 0 Å². The average molecular weight is 346 g/mol. The molecule has 3 rings (SSSR count). The van der Waals surface area contributed by atoms with Crippen LogP contribution in [0.1, 0.15) is 16.8 Å². The molecule has 1 aliphatic heterocycles. The maximum Gasteiger partial charge on any atom is 0.253 e. The van der Waals surface area contributed by atoms with Crippen LogP contribution in [0.4, 0.5) is 8.78 Å². The quantitative estimate of drug-likeness (QED) is 0.925. The first-order valence-corrected chi connectivity index (χ1v) is 7.75. The third-order valence-corrected chi connectivity index (χ3v) is 4.11. The van der Waals surface area contributed by atoms with Crippen LogP contribution < -0.4 is 10.5 Å². The predicted octanol–water partition coefficient (Wildman–Crippen LogP) is 2.70. The SMILES string of the molecule is NC(=O)[C@H]1CCN(C(=O)c2ccc(Oc3ccc(F)c(F)c3)cc2)C1. The molecule has 1 saturated heterocycles. The van der Waals surface area contributed by atoms with Gasteiger partial charge < -0.3 is 15.4 Å². The smallest absolute Gasteiger partial charge is 0.253 e. The normalized spacial score (nSPS) is 16.7. The molecule has 5 nitrogen and oxygen atoms in total. The van der Waals surface area contributed by atoms with E-state index in [4.69, 9.17) is 10.5 Å². The molecule has 1 heterocycles. The van der Waals surface area contributed by atoms with Crippen LogP contribution in [0.5, 0.6) is 11.5 Å². The maximum absolute atomic E-state index is 13.2. The summed E-state index contributed by atoms with van der Waals surface area (Å²) >= 11 is 0. The van der Waals surface area contributed by atoms with E-state index in [1.807, 2.05) is 0 Å². The Morgan fingerprint density at radius 1 is 1.04 bits per heavy atom. The Kier molecular flexibility index (Phi) is 4.65. The number of nitrogens with zero attached hydrogens (tertiary/aromatic N) is 1. The molecule has 0 spiro atoms. The van der Waals surface area contributed by atoms with Gasteiger partial charge in [0.05, 0.1) is 5.92 Å². The Hall–Kier alpha value is -2.96. The second-order valence-corrected chi connectivity index (χ2v) is 5.84. The molecular formula is C18H16F2N2O3. The fourth-order valence-electron chi connectivity index (χ4n) is 2.70. The molecule has 1 atom stereocenters. The van der Waals surface area contributed by atoms with Crippen molar-refractivity contribution < 1.29 is 23.1 Å². The van der Waals surface area contributed by atoms with Crippen LogP contribution in [0, 0.1) is 17.6 Å². The summed E-state index contributed by atoms with van der Waals surface area (Å²) < 4.78 is 31.5. The molecule has 2 amide bonds. The molecule has 0 radical (unpaired) electrons. The van der Waals surface area contributed by atoms with E-state index in [0.29, 0.717) is 30.8 Å². The molecule has 1 aliphatic rings. The monoisotopic (exact) mass is 346 g/mol. The third kappa shape index (κ3) is 3.76. The van der Waals surface area contributed by atoms with E-state index in [2.05, 4.69) is 0 Å². The number of halogens is 2. The second kappa shape index (κ2) is 6.88. The van der Waals surface area contributed by atoms with Crippen LogP contribution >= 0.6 is 0 Å². The van der Waals surface area contributed by atoms with Crippen molar-refractivity contribution in [3.05, 3.63) is 59.7 Å². The van der Waals surface area contributed by atoms with E-state index in [0.717, 1.165) is 12.1 Å². The van der Waals surface area contributed by atoms with Gasteiger partial charge in [0, 0.05) is 24.7 Å². The summed E-state index contributed by atoms with van der Waals surface area (Å²) in [5, 5.41) is 0. The van der Waals surface area contributed by atoms with Gasteiger partial charge in [0.25, 0.3) is 5.91 Å². The molecule has 25 heavy (non-hydrogen) atoms. The predicted molar refractivity (Wildman–Crippen MR) is 86.1 cm³/mol. The summed E-state index contributed by atoms with van der Waals surface area (Å²) in [6, 6.07) is 9.52. The van der Waals surface area contributed by atoms with Crippen LogP contribution in [-0.4, -0.2) is 29.8 Å². The third-order valence-electron chi connectivity index (χ3n) is 4.11. The molecule has 0 aliphatic carbocycles. The van der Waals surface area contributed by atoms with E-state index in [1.54, 1.807) is 29.2 Å². The highest BCUT2D eigenvalue weighted by molar-refractivity contribution is 5.95. The summed E-state index contributed by atoms with van der Waals surface area (Å²) in [5.74, 6) is -2.30. The molecule has 0 saturated carbocycles. The highest BCUT2D eigenvalue weighted by atomic mass is 19.2. The van der Waals surface area contributed by atoms with Gasteiger partial charge in [-0.25, -0.2) is 8.78 Å². The summed E-state index contributed by atoms with van der Waals surface area (Å²) in [7, 11) is 0. The minimum atomic E-state index is -0.998. The number of carbonyl (C=O) groups excluding carboxylic acids is 2. The zero-order valence-corrected chi connectivity index (χ0v) is 13.2. The summed E-state index contributed by atoms with van der Waals surface area (Å²) in [6.07, 6.45) is 0.568. The topological polar surface area (TPSA) is 72.6 Å². The Morgan fingerprint density at radius 2 is 1.72 bits per heavy atom. The molecule has 2 aromatic carbocycles. The van der Waals surface area contributed by atoms with Gasteiger partial charge >= 0.3 is 0 Å². The van der Waals surface area contributed by atoms with Crippen LogP contribution in [0.3, 0.4) is 0 Å². The van der Waals surface area contributed by atoms with E-state index < -0.39 is 17.5 Å². The number of likely N-dealkylation sites (tertiary alicyclic amines) is 1. The lowest BCUT2D eigenvalue weighted by atomic mass is 10.1. The van der Waals surface area contributed by atoms with E-state index >= 15 is 0 Å². The van der Waals surface area contributed by atoms with E-state index in [1.165, 1.54) is 6.07 Å². The minimum Gasteiger partial charge on any atom is -0.457 e. The first-order valence-electron chi connectivity index (χ1n) is 7.75. The Morgan fingerprint density at radius 3 is 2.32 bits per heavy atom. The summed E-state index contributed by atoms with van der Waals surface area (Å²) in [4.78, 5) is 25.2. The van der Waals surface area contributed by atoms with Crippen molar-refractivity contribution >= 4 is 11.8 Å². The Balaban J connectivity index is 1.66. The first kappa shape index (κ1) is 16.9. The Bertz CT molecular complexity index is 808. The zero-order valence-electron chi connectivity index (χ0n) is 13.2. The first-order chi connectivity index (χ1) is 11.9.